The number of phenolic OH excluding ortho intramolecular Hbond substituents is 1. The first kappa shape index (κ1) is 20.4. The molecule has 3 atom stereocenters. The fraction of sp³-hybridized carbons (Fsp3) is 0.167. The van der Waals surface area contributed by atoms with Crippen LogP contribution >= 0.6 is 11.6 Å². The molecule has 7 nitrogen and oxygen atoms in total. The minimum Gasteiger partial charge on any atom is -0.504 e. The third-order valence-corrected chi connectivity index (χ3v) is 6.01. The maximum Gasteiger partial charge on any atom is 0.266 e. The lowest BCUT2D eigenvalue weighted by molar-refractivity contribution is -0.126. The van der Waals surface area contributed by atoms with Gasteiger partial charge < -0.3 is 9.84 Å². The van der Waals surface area contributed by atoms with Gasteiger partial charge in [-0.3, -0.25) is 14.4 Å². The molecule has 1 N–H and O–H groups in total. The molecule has 2 amide bonds. The van der Waals surface area contributed by atoms with Crippen LogP contribution in [0.5, 0.6) is 11.5 Å². The minimum atomic E-state index is -0.983. The highest BCUT2D eigenvalue weighted by Gasteiger charge is 2.60. The Hall–Kier alpha value is -3.55. The van der Waals surface area contributed by atoms with Crippen LogP contribution in [0.15, 0.2) is 72.8 Å². The van der Waals surface area contributed by atoms with Gasteiger partial charge in [-0.15, -0.1) is 0 Å². The number of nitrogens with zero attached hydrogens (tertiary/aromatic N) is 2. The van der Waals surface area contributed by atoms with Gasteiger partial charge in [-0.2, -0.15) is 0 Å². The van der Waals surface area contributed by atoms with Crippen molar-refractivity contribution < 1.29 is 24.3 Å². The third kappa shape index (κ3) is 3.18. The number of phenols is 1. The molecule has 0 bridgehead atoms. The molecule has 0 spiro atoms. The molecule has 0 saturated carbocycles. The Morgan fingerprint density at radius 1 is 0.938 bits per heavy atom. The molecule has 2 aliphatic rings. The number of halogens is 1. The van der Waals surface area contributed by atoms with Crippen molar-refractivity contribution in [1.29, 1.82) is 0 Å². The van der Waals surface area contributed by atoms with Crippen molar-refractivity contribution >= 4 is 34.8 Å². The summed E-state index contributed by atoms with van der Waals surface area (Å²) in [6.07, 6.45) is -0.983. The van der Waals surface area contributed by atoms with Crippen LogP contribution in [0.4, 0.5) is 11.4 Å². The summed E-state index contributed by atoms with van der Waals surface area (Å²) in [5.41, 5.74) is 1.82. The Kier molecular flexibility index (Phi) is 5.00. The Labute approximate surface area is 189 Å². The zero-order valence-electron chi connectivity index (χ0n) is 17.0. The van der Waals surface area contributed by atoms with Crippen LogP contribution in [0, 0.1) is 5.92 Å². The van der Waals surface area contributed by atoms with Crippen molar-refractivity contribution in [3.05, 3.63) is 83.4 Å². The highest BCUT2D eigenvalue weighted by molar-refractivity contribution is 6.31. The van der Waals surface area contributed by atoms with E-state index in [-0.39, 0.29) is 17.4 Å². The second-order valence-electron chi connectivity index (χ2n) is 7.58. The molecule has 0 aliphatic carbocycles. The zero-order chi connectivity index (χ0) is 22.4. The molecule has 2 aliphatic heterocycles. The molecule has 3 aromatic rings. The third-order valence-electron chi connectivity index (χ3n) is 5.76. The predicted molar refractivity (Wildman–Crippen MR) is 119 cm³/mol. The second-order valence-corrected chi connectivity index (χ2v) is 8.01. The van der Waals surface area contributed by atoms with Crippen molar-refractivity contribution in [3.63, 3.8) is 0 Å². The van der Waals surface area contributed by atoms with Crippen molar-refractivity contribution in [1.82, 2.24) is 0 Å². The van der Waals surface area contributed by atoms with Gasteiger partial charge in [-0.05, 0) is 54.1 Å². The molecule has 2 saturated heterocycles. The molecular weight excluding hydrogens is 432 g/mol. The van der Waals surface area contributed by atoms with Crippen LogP contribution in [-0.2, 0) is 14.4 Å². The molecule has 2 heterocycles. The van der Waals surface area contributed by atoms with Crippen LogP contribution in [0.25, 0.3) is 0 Å². The van der Waals surface area contributed by atoms with Crippen LogP contribution in [-0.4, -0.2) is 30.1 Å². The van der Waals surface area contributed by atoms with E-state index in [9.17, 15) is 14.7 Å². The smallest absolute Gasteiger partial charge is 0.266 e. The number of rotatable bonds is 4. The number of hydroxylamine groups is 1. The Balaban J connectivity index is 1.60. The molecule has 8 heteroatoms. The van der Waals surface area contributed by atoms with E-state index in [0.29, 0.717) is 22.0 Å². The number of aromatic hydroxyl groups is 1. The van der Waals surface area contributed by atoms with Crippen LogP contribution in [0.2, 0.25) is 5.02 Å². The summed E-state index contributed by atoms with van der Waals surface area (Å²) in [6, 6.07) is 20.0. The molecule has 3 aromatic carbocycles. The SMILES string of the molecule is COc1cc([C@H]2[C@H]3C(=O)N(c4ccc(Cl)cc4)C(=O)[C@@H]3ON2c2ccccc2)ccc1O. The van der Waals surface area contributed by atoms with Crippen LogP contribution in [0.3, 0.4) is 0 Å². The fourth-order valence-corrected chi connectivity index (χ4v) is 4.40. The average Bonchev–Trinajstić information content (AvgIpc) is 3.32. The lowest BCUT2D eigenvalue weighted by Crippen LogP contribution is -2.37. The standard InChI is InChI=1S/C24H19ClN2O5/c1-31-19-13-14(7-12-18(19)28)21-20-22(32-27(21)17-5-3-2-4-6-17)24(30)26(23(20)29)16-10-8-15(25)9-11-16/h2-13,20-22,28H,1H3/t20-,21+,22-/m1/s1. The van der Waals surface area contributed by atoms with Crippen molar-refractivity contribution in [2.24, 2.45) is 5.92 Å². The van der Waals surface area contributed by atoms with E-state index in [1.807, 2.05) is 30.3 Å². The number of imide groups is 1. The van der Waals surface area contributed by atoms with Gasteiger partial charge in [0, 0.05) is 5.02 Å². The van der Waals surface area contributed by atoms with E-state index in [0.717, 1.165) is 4.90 Å². The molecule has 0 radical (unpaired) electrons. The van der Waals surface area contributed by atoms with Gasteiger partial charge >= 0.3 is 0 Å². The molecule has 0 aromatic heterocycles. The van der Waals surface area contributed by atoms with E-state index < -0.39 is 24.0 Å². The van der Waals surface area contributed by atoms with Gasteiger partial charge in [0.2, 0.25) is 5.91 Å². The second kappa shape index (κ2) is 7.85. The van der Waals surface area contributed by atoms with Crippen molar-refractivity contribution in [2.45, 2.75) is 12.1 Å². The summed E-state index contributed by atoms with van der Waals surface area (Å²) >= 11 is 5.97. The summed E-state index contributed by atoms with van der Waals surface area (Å²) in [5, 5.41) is 12.1. The van der Waals surface area contributed by atoms with Gasteiger partial charge in [-0.25, -0.2) is 9.96 Å². The lowest BCUT2D eigenvalue weighted by Gasteiger charge is -2.29. The van der Waals surface area contributed by atoms with Gasteiger partial charge in [0.05, 0.1) is 24.5 Å². The van der Waals surface area contributed by atoms with Gasteiger partial charge in [0.15, 0.2) is 17.6 Å². The Morgan fingerprint density at radius 2 is 1.66 bits per heavy atom. The topological polar surface area (TPSA) is 79.3 Å². The summed E-state index contributed by atoms with van der Waals surface area (Å²) in [5.74, 6) is -1.33. The van der Waals surface area contributed by atoms with E-state index in [1.54, 1.807) is 41.5 Å². The maximum absolute atomic E-state index is 13.5. The molecule has 5 rings (SSSR count). The van der Waals surface area contributed by atoms with E-state index in [2.05, 4.69) is 0 Å². The van der Waals surface area contributed by atoms with E-state index in [1.165, 1.54) is 13.2 Å². The highest BCUT2D eigenvalue weighted by atomic mass is 35.5. The molecule has 0 unspecified atom stereocenters. The summed E-state index contributed by atoms with van der Waals surface area (Å²) in [4.78, 5) is 34.1. The number of methoxy groups -OCH3 is 1. The summed E-state index contributed by atoms with van der Waals surface area (Å²) in [7, 11) is 1.45. The Morgan fingerprint density at radius 3 is 2.34 bits per heavy atom. The van der Waals surface area contributed by atoms with Crippen molar-refractivity contribution in [3.8, 4) is 11.5 Å². The number of hydrogen-bond donors (Lipinski definition) is 1. The van der Waals surface area contributed by atoms with Crippen LogP contribution in [0.1, 0.15) is 11.6 Å². The van der Waals surface area contributed by atoms with Gasteiger partial charge in [0.1, 0.15) is 5.92 Å². The number of amides is 2. The average molecular weight is 451 g/mol. The number of fused-ring (bicyclic) bond motifs is 1. The number of para-hydroxylation sites is 1. The summed E-state index contributed by atoms with van der Waals surface area (Å²) in [6.45, 7) is 0. The predicted octanol–water partition coefficient (Wildman–Crippen LogP) is 4.11. The maximum atomic E-state index is 13.5. The number of carbonyl (C=O) groups excluding carboxylic acids is 2. The van der Waals surface area contributed by atoms with Gasteiger partial charge in [0.25, 0.3) is 5.91 Å². The quantitative estimate of drug-likeness (QED) is 0.603. The van der Waals surface area contributed by atoms with E-state index >= 15 is 0 Å². The fourth-order valence-electron chi connectivity index (χ4n) is 4.28. The molecular formula is C24H19ClN2O5. The monoisotopic (exact) mass is 450 g/mol. The van der Waals surface area contributed by atoms with Gasteiger partial charge in [-0.1, -0.05) is 35.9 Å². The number of benzene rings is 3. The highest BCUT2D eigenvalue weighted by Crippen LogP contribution is 2.48. The largest absolute Gasteiger partial charge is 0.504 e. The normalized spacial score (nSPS) is 22.4. The molecule has 2 fully saturated rings. The number of anilines is 2. The summed E-state index contributed by atoms with van der Waals surface area (Å²) < 4.78 is 5.26. The first-order valence-corrected chi connectivity index (χ1v) is 10.4. The number of hydrogen-bond acceptors (Lipinski definition) is 6. The van der Waals surface area contributed by atoms with Crippen molar-refractivity contribution in [2.75, 3.05) is 17.1 Å². The Bertz CT molecular complexity index is 1180. The van der Waals surface area contributed by atoms with E-state index in [4.69, 9.17) is 21.2 Å². The molecule has 32 heavy (non-hydrogen) atoms. The minimum absolute atomic E-state index is 0.0189. The first-order chi connectivity index (χ1) is 15.5. The van der Waals surface area contributed by atoms with Crippen LogP contribution < -0.4 is 14.7 Å². The number of carbonyl (C=O) groups is 2. The lowest BCUT2D eigenvalue weighted by atomic mass is 9.90. The first-order valence-electron chi connectivity index (χ1n) is 10.0. The zero-order valence-corrected chi connectivity index (χ0v) is 17.8. The number of ether oxygens (including phenoxy) is 1. The molecule has 162 valence electrons.